The van der Waals surface area contributed by atoms with Crippen LogP contribution in [-0.2, 0) is 11.3 Å². The third-order valence-corrected chi connectivity index (χ3v) is 5.45. The molecule has 0 aromatic heterocycles. The van der Waals surface area contributed by atoms with E-state index in [-0.39, 0.29) is 24.9 Å². The first-order valence-electron chi connectivity index (χ1n) is 10.2. The first-order valence-corrected chi connectivity index (χ1v) is 10.2. The number of carbonyl (C=O) groups excluding carboxylic acids is 1. The van der Waals surface area contributed by atoms with Crippen molar-refractivity contribution >= 4 is 30.0 Å². The number of halogens is 1. The fraction of sp³-hybridized carbons (Fsp3) is 0.391. The van der Waals surface area contributed by atoms with Gasteiger partial charge in [0.05, 0.1) is 6.54 Å². The maximum absolute atomic E-state index is 12.5. The number of anilines is 1. The van der Waals surface area contributed by atoms with E-state index in [0.717, 1.165) is 50.3 Å². The second kappa shape index (κ2) is 11.7. The summed E-state index contributed by atoms with van der Waals surface area (Å²) in [6.07, 6.45) is 1.94. The molecule has 7 heteroatoms. The Hall–Kier alpha value is -2.41. The van der Waals surface area contributed by atoms with Crippen molar-refractivity contribution in [1.29, 1.82) is 0 Å². The first kappa shape index (κ1) is 23.9. The summed E-state index contributed by atoms with van der Waals surface area (Å²) in [6, 6.07) is 17.5. The van der Waals surface area contributed by atoms with Gasteiger partial charge < -0.3 is 10.4 Å². The van der Waals surface area contributed by atoms with E-state index < -0.39 is 5.97 Å². The predicted octanol–water partition coefficient (Wildman–Crippen LogP) is 3.73. The molecule has 0 saturated carbocycles. The van der Waals surface area contributed by atoms with Gasteiger partial charge in [0.1, 0.15) is 0 Å². The van der Waals surface area contributed by atoms with E-state index >= 15 is 0 Å². The molecule has 162 valence electrons. The molecule has 0 radical (unpaired) electrons. The van der Waals surface area contributed by atoms with Gasteiger partial charge in [-0.2, -0.15) is 0 Å². The molecule has 0 atom stereocenters. The molecule has 2 aromatic rings. The highest BCUT2D eigenvalue weighted by Gasteiger charge is 2.25. The summed E-state index contributed by atoms with van der Waals surface area (Å²) in [6.45, 7) is 5.54. The molecule has 3 rings (SSSR count). The molecule has 1 fully saturated rings. The topological polar surface area (TPSA) is 72.9 Å². The van der Waals surface area contributed by atoms with Crippen molar-refractivity contribution in [2.24, 2.45) is 0 Å². The number of likely N-dealkylation sites (tertiary alicyclic amines) is 1. The molecule has 0 bridgehead atoms. The number of carbonyl (C=O) groups is 2. The van der Waals surface area contributed by atoms with Gasteiger partial charge in [-0.3, -0.25) is 19.4 Å². The number of piperidine rings is 1. The Morgan fingerprint density at radius 1 is 1.10 bits per heavy atom. The maximum Gasteiger partial charge on any atom is 0.317 e. The van der Waals surface area contributed by atoms with Gasteiger partial charge >= 0.3 is 5.97 Å². The second-order valence-corrected chi connectivity index (χ2v) is 7.48. The monoisotopic (exact) mass is 431 g/mol. The van der Waals surface area contributed by atoms with Crippen LogP contribution >= 0.6 is 12.4 Å². The van der Waals surface area contributed by atoms with Crippen LogP contribution in [0.15, 0.2) is 54.6 Å². The fourth-order valence-corrected chi connectivity index (χ4v) is 3.91. The Labute approximate surface area is 184 Å². The van der Waals surface area contributed by atoms with Crippen molar-refractivity contribution < 1.29 is 14.7 Å². The van der Waals surface area contributed by atoms with E-state index in [1.54, 1.807) is 0 Å². The average molecular weight is 432 g/mol. The Morgan fingerprint density at radius 2 is 1.80 bits per heavy atom. The largest absolute Gasteiger partial charge is 0.480 e. The lowest BCUT2D eigenvalue weighted by Gasteiger charge is -2.37. The Morgan fingerprint density at radius 3 is 2.43 bits per heavy atom. The van der Waals surface area contributed by atoms with Gasteiger partial charge in [-0.15, -0.1) is 12.4 Å². The number of hydrogen-bond acceptors (Lipinski definition) is 4. The summed E-state index contributed by atoms with van der Waals surface area (Å²) in [4.78, 5) is 28.0. The van der Waals surface area contributed by atoms with Crippen LogP contribution in [0, 0.1) is 0 Å². The van der Waals surface area contributed by atoms with E-state index in [2.05, 4.69) is 10.2 Å². The zero-order chi connectivity index (χ0) is 20.6. The highest BCUT2D eigenvalue weighted by atomic mass is 35.5. The summed E-state index contributed by atoms with van der Waals surface area (Å²) in [5.41, 5.74) is 2.55. The van der Waals surface area contributed by atoms with Gasteiger partial charge in [-0.25, -0.2) is 0 Å². The van der Waals surface area contributed by atoms with E-state index in [1.807, 2.05) is 66.4 Å². The molecule has 30 heavy (non-hydrogen) atoms. The molecule has 0 aliphatic carbocycles. The number of likely N-dealkylation sites (N-methyl/N-ethyl adjacent to an activating group) is 1. The van der Waals surface area contributed by atoms with E-state index in [0.29, 0.717) is 11.6 Å². The number of benzene rings is 2. The number of nitrogens with zero attached hydrogens (tertiary/aromatic N) is 2. The van der Waals surface area contributed by atoms with Crippen LogP contribution in [0.25, 0.3) is 0 Å². The van der Waals surface area contributed by atoms with E-state index in [1.165, 1.54) is 0 Å². The number of carboxylic acid groups (broad SMARTS) is 1. The van der Waals surface area contributed by atoms with Crippen LogP contribution in [0.1, 0.15) is 35.7 Å². The Balaban J connectivity index is 0.00000320. The molecule has 1 amide bonds. The summed E-state index contributed by atoms with van der Waals surface area (Å²) in [5.74, 6) is -0.871. The number of aliphatic carboxylic acids is 1. The van der Waals surface area contributed by atoms with Crippen LogP contribution < -0.4 is 5.32 Å². The van der Waals surface area contributed by atoms with Gasteiger partial charge in [0, 0.05) is 23.8 Å². The fourth-order valence-electron chi connectivity index (χ4n) is 3.91. The second-order valence-electron chi connectivity index (χ2n) is 7.48. The summed E-state index contributed by atoms with van der Waals surface area (Å²) >= 11 is 0. The predicted molar refractivity (Wildman–Crippen MR) is 121 cm³/mol. The summed E-state index contributed by atoms with van der Waals surface area (Å²) < 4.78 is 0. The van der Waals surface area contributed by atoms with E-state index in [9.17, 15) is 9.59 Å². The maximum atomic E-state index is 12.5. The lowest BCUT2D eigenvalue weighted by molar-refractivity contribution is -0.139. The third kappa shape index (κ3) is 6.83. The minimum atomic E-state index is -0.764. The smallest absolute Gasteiger partial charge is 0.317 e. The van der Waals surface area contributed by atoms with Crippen LogP contribution in [0.4, 0.5) is 5.69 Å². The van der Waals surface area contributed by atoms with Crippen LogP contribution in [-0.4, -0.2) is 59.0 Å². The molecule has 1 heterocycles. The Bertz CT molecular complexity index is 823. The molecule has 1 saturated heterocycles. The van der Waals surface area contributed by atoms with Crippen molar-refractivity contribution in [3.05, 3.63) is 65.7 Å². The van der Waals surface area contributed by atoms with Gasteiger partial charge in [-0.05, 0) is 62.3 Å². The number of nitrogens with one attached hydrogen (secondary N) is 1. The van der Waals surface area contributed by atoms with Crippen LogP contribution in [0.5, 0.6) is 0 Å². The molecule has 1 aliphatic heterocycles. The molecule has 2 aromatic carbocycles. The number of amides is 1. The van der Waals surface area contributed by atoms with Gasteiger partial charge in [0.15, 0.2) is 0 Å². The van der Waals surface area contributed by atoms with Gasteiger partial charge in [-0.1, -0.05) is 37.3 Å². The summed E-state index contributed by atoms with van der Waals surface area (Å²) in [5, 5.41) is 12.0. The van der Waals surface area contributed by atoms with Crippen molar-refractivity contribution in [2.45, 2.75) is 32.4 Å². The minimum Gasteiger partial charge on any atom is -0.480 e. The normalized spacial score (nSPS) is 14.9. The molecule has 1 aliphatic rings. The van der Waals surface area contributed by atoms with Crippen molar-refractivity contribution in [3.63, 3.8) is 0 Å². The zero-order valence-electron chi connectivity index (χ0n) is 17.3. The number of rotatable bonds is 8. The molecule has 6 nitrogen and oxygen atoms in total. The quantitative estimate of drug-likeness (QED) is 0.666. The number of hydrogen-bond donors (Lipinski definition) is 2. The third-order valence-electron chi connectivity index (χ3n) is 5.45. The van der Waals surface area contributed by atoms with Crippen LogP contribution in [0.2, 0.25) is 0 Å². The molecule has 0 unspecified atom stereocenters. The number of carboxylic acids is 1. The van der Waals surface area contributed by atoms with Crippen molar-refractivity contribution in [2.75, 3.05) is 31.5 Å². The first-order chi connectivity index (χ1) is 14.0. The molecular weight excluding hydrogens is 402 g/mol. The van der Waals surface area contributed by atoms with Crippen molar-refractivity contribution in [3.8, 4) is 0 Å². The molecule has 0 spiro atoms. The summed E-state index contributed by atoms with van der Waals surface area (Å²) in [7, 11) is 0. The van der Waals surface area contributed by atoms with Crippen LogP contribution in [0.3, 0.4) is 0 Å². The lowest BCUT2D eigenvalue weighted by Crippen LogP contribution is -2.46. The number of para-hydroxylation sites is 1. The Kier molecular flexibility index (Phi) is 9.30. The van der Waals surface area contributed by atoms with Crippen molar-refractivity contribution in [1.82, 2.24) is 9.80 Å². The van der Waals surface area contributed by atoms with Gasteiger partial charge in [0.2, 0.25) is 0 Å². The SMILES string of the molecule is CCN(CC(=O)O)C1CCN(Cc2cccc(C(=O)Nc3ccccc3)c2)CC1.Cl. The zero-order valence-corrected chi connectivity index (χ0v) is 18.1. The van der Waals surface area contributed by atoms with E-state index in [4.69, 9.17) is 5.11 Å². The molecule has 2 N–H and O–H groups in total. The standard InChI is InChI=1S/C23H29N3O3.ClH/c1-2-26(17-22(27)28)21-11-13-25(14-12-21)16-18-7-6-8-19(15-18)23(29)24-20-9-4-3-5-10-20;/h3-10,15,21H,2,11-14,16-17H2,1H3,(H,24,29)(H,27,28);1H. The van der Waals surface area contributed by atoms with Gasteiger partial charge in [0.25, 0.3) is 5.91 Å². The lowest BCUT2D eigenvalue weighted by atomic mass is 10.0. The average Bonchev–Trinajstić information content (AvgIpc) is 2.73. The minimum absolute atomic E-state index is 0. The highest BCUT2D eigenvalue weighted by molar-refractivity contribution is 6.04. The molecular formula is C23H30ClN3O3. The highest BCUT2D eigenvalue weighted by Crippen LogP contribution is 2.19.